The molecule has 1 aliphatic rings. The lowest BCUT2D eigenvalue weighted by Crippen LogP contribution is -2.50. The number of amides is 1. The molecule has 2 aromatic rings. The maximum Gasteiger partial charge on any atom is 0.483 e. The molecule has 1 aromatic heterocycles. The first-order valence-electron chi connectivity index (χ1n) is 7.10. The number of aromatic nitrogens is 1. The Morgan fingerprint density at radius 1 is 1.38 bits per heavy atom. The molecule has 8 heteroatoms. The lowest BCUT2D eigenvalue weighted by atomic mass is 10.1. The molecule has 1 atom stereocenters. The van der Waals surface area contributed by atoms with Gasteiger partial charge in [0, 0.05) is 11.8 Å². The second kappa shape index (κ2) is 5.99. The number of anilines is 1. The Morgan fingerprint density at radius 2 is 2.12 bits per heavy atom. The zero-order valence-corrected chi connectivity index (χ0v) is 13.3. The third kappa shape index (κ3) is 2.92. The van der Waals surface area contributed by atoms with E-state index in [1.165, 1.54) is 25.3 Å². The molecule has 2 heterocycles. The first-order chi connectivity index (χ1) is 11.3. The second-order valence-electron chi connectivity index (χ2n) is 5.35. The molecule has 0 spiro atoms. The summed E-state index contributed by atoms with van der Waals surface area (Å²) >= 11 is 5.75. The van der Waals surface area contributed by atoms with Gasteiger partial charge in [-0.25, -0.2) is 0 Å². The lowest BCUT2D eigenvalue weighted by Gasteiger charge is -2.34. The standard InChI is InChI=1S/C16H13ClF2N2O3/c1-9(22)12-3-2-4-13-14(12)24-16(18,19)15(23)21(13)8-11-6-5-10(17)7-20-11/h2-7,9,22H,8H2,1H3/t9-/m1/s1. The number of hydrogen-bond donors (Lipinski definition) is 1. The minimum atomic E-state index is -4.02. The number of pyridine rings is 1. The highest BCUT2D eigenvalue weighted by Crippen LogP contribution is 2.44. The van der Waals surface area contributed by atoms with E-state index in [9.17, 15) is 18.7 Å². The summed E-state index contributed by atoms with van der Waals surface area (Å²) in [5, 5.41) is 10.2. The van der Waals surface area contributed by atoms with E-state index in [0.29, 0.717) is 10.7 Å². The molecule has 0 fully saturated rings. The van der Waals surface area contributed by atoms with Crippen LogP contribution in [-0.4, -0.2) is 22.1 Å². The van der Waals surface area contributed by atoms with E-state index in [1.807, 2.05) is 0 Å². The van der Waals surface area contributed by atoms with Crippen molar-refractivity contribution in [2.75, 3.05) is 4.90 Å². The van der Waals surface area contributed by atoms with E-state index in [0.717, 1.165) is 4.90 Å². The van der Waals surface area contributed by atoms with Gasteiger partial charge >= 0.3 is 12.0 Å². The number of fused-ring (bicyclic) bond motifs is 1. The van der Waals surface area contributed by atoms with Crippen LogP contribution in [-0.2, 0) is 11.3 Å². The first-order valence-corrected chi connectivity index (χ1v) is 7.47. The molecule has 0 unspecified atom stereocenters. The van der Waals surface area contributed by atoms with Gasteiger partial charge in [-0.2, -0.15) is 8.78 Å². The van der Waals surface area contributed by atoms with Crippen LogP contribution in [0.4, 0.5) is 14.5 Å². The molecule has 0 saturated carbocycles. The van der Waals surface area contributed by atoms with Crippen LogP contribution in [0.15, 0.2) is 36.5 Å². The highest BCUT2D eigenvalue weighted by atomic mass is 35.5. The van der Waals surface area contributed by atoms with Crippen molar-refractivity contribution in [1.82, 2.24) is 4.98 Å². The number of nitrogens with zero attached hydrogens (tertiary/aromatic N) is 2. The van der Waals surface area contributed by atoms with Crippen LogP contribution in [0.25, 0.3) is 0 Å². The number of aliphatic hydroxyl groups excluding tert-OH is 1. The molecule has 1 aromatic carbocycles. The number of aliphatic hydroxyl groups is 1. The van der Waals surface area contributed by atoms with Crippen LogP contribution in [0.5, 0.6) is 5.75 Å². The molecule has 0 bridgehead atoms. The van der Waals surface area contributed by atoms with E-state index in [-0.39, 0.29) is 23.5 Å². The highest BCUT2D eigenvalue weighted by molar-refractivity contribution is 6.30. The fraction of sp³-hybridized carbons (Fsp3) is 0.250. The third-order valence-corrected chi connectivity index (χ3v) is 3.82. The normalized spacial score (nSPS) is 17.2. The number of hydrogen-bond acceptors (Lipinski definition) is 4. The summed E-state index contributed by atoms with van der Waals surface area (Å²) in [5.41, 5.74) is 0.716. The fourth-order valence-corrected chi connectivity index (χ4v) is 2.56. The molecule has 0 aliphatic carbocycles. The van der Waals surface area contributed by atoms with Gasteiger partial charge in [-0.3, -0.25) is 14.7 Å². The number of ether oxygens (including phenoxy) is 1. The van der Waals surface area contributed by atoms with E-state index in [4.69, 9.17) is 11.6 Å². The summed E-state index contributed by atoms with van der Waals surface area (Å²) in [6.07, 6.45) is -3.68. The van der Waals surface area contributed by atoms with Crippen molar-refractivity contribution >= 4 is 23.2 Å². The lowest BCUT2D eigenvalue weighted by molar-refractivity contribution is -0.193. The highest BCUT2D eigenvalue weighted by Gasteiger charge is 2.51. The molecule has 0 radical (unpaired) electrons. The fourth-order valence-electron chi connectivity index (χ4n) is 2.45. The summed E-state index contributed by atoms with van der Waals surface area (Å²) in [6.45, 7) is 1.25. The predicted molar refractivity (Wildman–Crippen MR) is 83.1 cm³/mol. The summed E-state index contributed by atoms with van der Waals surface area (Å²) < 4.78 is 32.6. The number of benzene rings is 1. The second-order valence-corrected chi connectivity index (χ2v) is 5.79. The Morgan fingerprint density at radius 3 is 2.75 bits per heavy atom. The van der Waals surface area contributed by atoms with Crippen LogP contribution in [0.3, 0.4) is 0 Å². The van der Waals surface area contributed by atoms with E-state index in [2.05, 4.69) is 9.72 Å². The van der Waals surface area contributed by atoms with Gasteiger partial charge < -0.3 is 9.84 Å². The van der Waals surface area contributed by atoms with Crippen molar-refractivity contribution in [1.29, 1.82) is 0 Å². The zero-order valence-electron chi connectivity index (χ0n) is 12.5. The predicted octanol–water partition coefficient (Wildman–Crippen LogP) is 3.31. The monoisotopic (exact) mass is 354 g/mol. The summed E-state index contributed by atoms with van der Waals surface area (Å²) in [7, 11) is 0. The first kappa shape index (κ1) is 16.6. The summed E-state index contributed by atoms with van der Waals surface area (Å²) in [6, 6.07) is 7.60. The SMILES string of the molecule is C[C@@H](O)c1cccc2c1OC(F)(F)C(=O)N2Cc1ccc(Cl)cn1. The van der Waals surface area contributed by atoms with E-state index < -0.39 is 18.1 Å². The molecule has 1 N–H and O–H groups in total. The number of halogens is 3. The van der Waals surface area contributed by atoms with Gasteiger partial charge in [0.25, 0.3) is 0 Å². The Hall–Kier alpha value is -2.25. The molecule has 0 saturated heterocycles. The maximum absolute atomic E-state index is 14.0. The quantitative estimate of drug-likeness (QED) is 0.918. The van der Waals surface area contributed by atoms with Crippen LogP contribution in [0.1, 0.15) is 24.3 Å². The van der Waals surface area contributed by atoms with Crippen molar-refractivity contribution in [3.05, 3.63) is 52.8 Å². The Bertz CT molecular complexity index is 781. The van der Waals surface area contributed by atoms with Gasteiger partial charge in [-0.1, -0.05) is 23.7 Å². The van der Waals surface area contributed by atoms with Gasteiger partial charge in [0.05, 0.1) is 29.1 Å². The topological polar surface area (TPSA) is 62.7 Å². The Kier molecular flexibility index (Phi) is 4.15. The number of alkyl halides is 2. The van der Waals surface area contributed by atoms with Crippen LogP contribution >= 0.6 is 11.6 Å². The molecule has 24 heavy (non-hydrogen) atoms. The summed E-state index contributed by atoms with van der Waals surface area (Å²) in [4.78, 5) is 17.0. The van der Waals surface area contributed by atoms with Gasteiger partial charge in [0.15, 0.2) is 5.75 Å². The third-order valence-electron chi connectivity index (χ3n) is 3.60. The molecule has 126 valence electrons. The van der Waals surface area contributed by atoms with E-state index >= 15 is 0 Å². The van der Waals surface area contributed by atoms with Gasteiger partial charge in [0.1, 0.15) is 0 Å². The average molecular weight is 355 g/mol. The number of carbonyl (C=O) groups excluding carboxylic acids is 1. The molecule has 3 rings (SSSR count). The molecular weight excluding hydrogens is 342 g/mol. The minimum absolute atomic E-state index is 0.154. The van der Waals surface area contributed by atoms with Crippen molar-refractivity contribution < 1.29 is 23.4 Å². The number of para-hydroxylation sites is 1. The van der Waals surface area contributed by atoms with Gasteiger partial charge in [-0.05, 0) is 25.1 Å². The molecule has 1 amide bonds. The smallest absolute Gasteiger partial charge is 0.423 e. The molecule has 5 nitrogen and oxygen atoms in total. The Balaban J connectivity index is 2.07. The summed E-state index contributed by atoms with van der Waals surface area (Å²) in [5.74, 6) is -1.71. The molecular formula is C16H13ClF2N2O3. The van der Waals surface area contributed by atoms with Crippen molar-refractivity contribution in [3.63, 3.8) is 0 Å². The number of carbonyl (C=O) groups is 1. The zero-order chi connectivity index (χ0) is 17.5. The van der Waals surface area contributed by atoms with Crippen molar-refractivity contribution in [2.45, 2.75) is 25.7 Å². The maximum atomic E-state index is 14.0. The number of rotatable bonds is 3. The largest absolute Gasteiger partial charge is 0.483 e. The van der Waals surface area contributed by atoms with Crippen molar-refractivity contribution in [3.8, 4) is 5.75 Å². The van der Waals surface area contributed by atoms with Crippen molar-refractivity contribution in [2.24, 2.45) is 0 Å². The Labute approximate surface area is 141 Å². The minimum Gasteiger partial charge on any atom is -0.423 e. The van der Waals surface area contributed by atoms with Gasteiger partial charge in [-0.15, -0.1) is 0 Å². The molecule has 1 aliphatic heterocycles. The van der Waals surface area contributed by atoms with Gasteiger partial charge in [0.2, 0.25) is 0 Å². The van der Waals surface area contributed by atoms with Crippen LogP contribution < -0.4 is 9.64 Å². The van der Waals surface area contributed by atoms with E-state index in [1.54, 1.807) is 18.2 Å². The average Bonchev–Trinajstić information content (AvgIpc) is 2.52. The van der Waals surface area contributed by atoms with Crippen LogP contribution in [0.2, 0.25) is 5.02 Å². The van der Waals surface area contributed by atoms with Crippen LogP contribution in [0, 0.1) is 0 Å².